The van der Waals surface area contributed by atoms with Gasteiger partial charge in [-0.05, 0) is 17.3 Å². The zero-order valence-electron chi connectivity index (χ0n) is 12.6. The summed E-state index contributed by atoms with van der Waals surface area (Å²) in [6.45, 7) is 4.76. The van der Waals surface area contributed by atoms with Gasteiger partial charge in [-0.1, -0.05) is 6.07 Å². The predicted molar refractivity (Wildman–Crippen MR) is 73.6 cm³/mol. The van der Waals surface area contributed by atoms with Crippen molar-refractivity contribution in [2.75, 3.05) is 11.4 Å². The van der Waals surface area contributed by atoms with Gasteiger partial charge in [-0.15, -0.1) is 10.2 Å². The molecule has 6 nitrogen and oxygen atoms in total. The van der Waals surface area contributed by atoms with Crippen LogP contribution in [0.2, 0.25) is 0 Å². The van der Waals surface area contributed by atoms with Crippen molar-refractivity contribution in [3.8, 4) is 0 Å². The van der Waals surface area contributed by atoms with Crippen LogP contribution < -0.4 is 4.90 Å². The van der Waals surface area contributed by atoms with Gasteiger partial charge in [-0.25, -0.2) is 4.85 Å². The van der Waals surface area contributed by atoms with E-state index in [9.17, 15) is 26.3 Å². The number of rotatable bonds is 4. The molecular formula is C13H10F6N6. The van der Waals surface area contributed by atoms with Gasteiger partial charge in [0.05, 0.1) is 25.7 Å². The van der Waals surface area contributed by atoms with E-state index in [1.165, 1.54) is 7.05 Å². The Bertz CT molecular complexity index is 788. The van der Waals surface area contributed by atoms with Crippen LogP contribution in [0.15, 0.2) is 18.2 Å². The van der Waals surface area contributed by atoms with Crippen LogP contribution in [0.25, 0.3) is 4.85 Å². The smallest absolute Gasteiger partial charge is 0.355 e. The Morgan fingerprint density at radius 3 is 2.36 bits per heavy atom. The first kappa shape index (κ1) is 18.5. The fraction of sp³-hybridized carbons (Fsp3) is 0.385. The van der Waals surface area contributed by atoms with E-state index in [4.69, 9.17) is 6.57 Å². The van der Waals surface area contributed by atoms with Crippen molar-refractivity contribution < 1.29 is 26.3 Å². The molecule has 2 aromatic rings. The van der Waals surface area contributed by atoms with Gasteiger partial charge in [0.15, 0.2) is 11.5 Å². The minimum atomic E-state index is -4.87. The average Bonchev–Trinajstić information content (AvgIpc) is 2.89. The van der Waals surface area contributed by atoms with E-state index >= 15 is 0 Å². The fourth-order valence-corrected chi connectivity index (χ4v) is 2.06. The van der Waals surface area contributed by atoms with Crippen LogP contribution in [-0.4, -0.2) is 32.9 Å². The summed E-state index contributed by atoms with van der Waals surface area (Å²) in [5.74, 6) is -0.0884. The van der Waals surface area contributed by atoms with E-state index in [2.05, 4.69) is 20.3 Å². The zero-order valence-corrected chi connectivity index (χ0v) is 12.6. The molecule has 1 heterocycles. The van der Waals surface area contributed by atoms with Crippen molar-refractivity contribution >= 4 is 11.4 Å². The Morgan fingerprint density at radius 1 is 1.20 bits per heavy atom. The van der Waals surface area contributed by atoms with Gasteiger partial charge in [0.1, 0.15) is 6.54 Å². The van der Waals surface area contributed by atoms with Crippen LogP contribution in [0.3, 0.4) is 0 Å². The summed E-state index contributed by atoms with van der Waals surface area (Å²) in [4.78, 5) is 4.41. The maximum absolute atomic E-state index is 13.0. The van der Waals surface area contributed by atoms with Crippen molar-refractivity contribution in [1.82, 2.24) is 20.2 Å². The molecule has 25 heavy (non-hydrogen) atoms. The number of hydrogen-bond donors (Lipinski definition) is 0. The summed E-state index contributed by atoms with van der Waals surface area (Å²) in [5.41, 5.74) is -2.36. The molecule has 0 amide bonds. The first-order valence-corrected chi connectivity index (χ1v) is 6.63. The summed E-state index contributed by atoms with van der Waals surface area (Å²) >= 11 is 0. The summed E-state index contributed by atoms with van der Waals surface area (Å²) in [7, 11) is 1.40. The Hall–Kier alpha value is -2.84. The summed E-state index contributed by atoms with van der Waals surface area (Å²) in [6, 6.07) is 2.36. The first-order chi connectivity index (χ1) is 11.5. The molecule has 1 aromatic carbocycles. The van der Waals surface area contributed by atoms with Crippen LogP contribution in [-0.2, 0) is 19.8 Å². The number of anilines is 1. The molecule has 2 rings (SSSR count). The lowest BCUT2D eigenvalue weighted by atomic mass is 10.1. The molecule has 0 aliphatic rings. The quantitative estimate of drug-likeness (QED) is 0.617. The number of hydrogen-bond acceptors (Lipinski definition) is 4. The second kappa shape index (κ2) is 6.58. The molecule has 0 saturated carbocycles. The maximum Gasteiger partial charge on any atom is 0.407 e. The maximum atomic E-state index is 13.0. The highest BCUT2D eigenvalue weighted by molar-refractivity contribution is 5.62. The highest BCUT2D eigenvalue weighted by Gasteiger charge is 2.36. The van der Waals surface area contributed by atoms with Crippen molar-refractivity contribution in [3.05, 3.63) is 41.0 Å². The number of aryl methyl sites for hydroxylation is 1. The monoisotopic (exact) mass is 364 g/mol. The van der Waals surface area contributed by atoms with Gasteiger partial charge < -0.3 is 4.90 Å². The third kappa shape index (κ3) is 4.82. The molecule has 0 aliphatic carbocycles. The van der Waals surface area contributed by atoms with Gasteiger partial charge in [0.25, 0.3) is 0 Å². The van der Waals surface area contributed by atoms with E-state index < -0.39 is 36.7 Å². The molecule has 1 aromatic heterocycles. The topological polar surface area (TPSA) is 51.2 Å². The van der Waals surface area contributed by atoms with E-state index in [-0.39, 0.29) is 11.5 Å². The van der Waals surface area contributed by atoms with Gasteiger partial charge in [-0.2, -0.15) is 31.1 Å². The normalized spacial score (nSPS) is 12.1. The molecule has 0 fully saturated rings. The Morgan fingerprint density at radius 2 is 1.88 bits per heavy atom. The predicted octanol–water partition coefficient (Wildman–Crippen LogP) is 3.35. The van der Waals surface area contributed by atoms with E-state index in [1.54, 1.807) is 0 Å². The molecule has 0 saturated heterocycles. The van der Waals surface area contributed by atoms with Gasteiger partial charge in [0, 0.05) is 5.69 Å². The average molecular weight is 364 g/mol. The van der Waals surface area contributed by atoms with E-state index in [0.29, 0.717) is 11.0 Å². The second-order valence-electron chi connectivity index (χ2n) is 4.98. The van der Waals surface area contributed by atoms with Gasteiger partial charge in [0.2, 0.25) is 0 Å². The van der Waals surface area contributed by atoms with Crippen molar-refractivity contribution in [2.45, 2.75) is 18.9 Å². The molecule has 0 unspecified atom stereocenters. The van der Waals surface area contributed by atoms with Crippen molar-refractivity contribution in [2.24, 2.45) is 7.05 Å². The van der Waals surface area contributed by atoms with Gasteiger partial charge >= 0.3 is 12.4 Å². The lowest BCUT2D eigenvalue weighted by Gasteiger charge is -2.25. The zero-order chi connectivity index (χ0) is 18.8. The highest BCUT2D eigenvalue weighted by atomic mass is 19.4. The summed E-state index contributed by atoms with van der Waals surface area (Å²) < 4.78 is 77.5. The molecule has 0 aliphatic heterocycles. The lowest BCUT2D eigenvalue weighted by Crippen LogP contribution is -2.34. The van der Waals surface area contributed by atoms with E-state index in [1.807, 2.05) is 0 Å². The van der Waals surface area contributed by atoms with Crippen LogP contribution in [0.1, 0.15) is 11.4 Å². The van der Waals surface area contributed by atoms with Crippen molar-refractivity contribution in [3.63, 3.8) is 0 Å². The molecule has 0 spiro atoms. The highest BCUT2D eigenvalue weighted by Crippen LogP contribution is 2.39. The number of alkyl halides is 6. The largest absolute Gasteiger partial charge is 0.407 e. The van der Waals surface area contributed by atoms with Crippen LogP contribution in [0.5, 0.6) is 0 Å². The molecule has 0 bridgehead atoms. The lowest BCUT2D eigenvalue weighted by molar-refractivity contribution is -0.136. The standard InChI is InChI=1S/C13H10F6N6/c1-20-10-4-3-8(5-9(10)13(17,18)19)25(7-12(14,15)16)6-11-21-23-24(2)22-11/h3-5H,6-7H2,2H3. The fourth-order valence-electron chi connectivity index (χ4n) is 2.06. The SMILES string of the molecule is [C-]#[N+]c1ccc(N(Cc2nnn(C)n2)CC(F)(F)F)cc1C(F)(F)F. The van der Waals surface area contributed by atoms with Gasteiger partial charge in [-0.3, -0.25) is 0 Å². The molecule has 134 valence electrons. The van der Waals surface area contributed by atoms with Crippen LogP contribution in [0.4, 0.5) is 37.7 Å². The molecule has 0 N–H and O–H groups in total. The number of aromatic nitrogens is 4. The van der Waals surface area contributed by atoms with Crippen LogP contribution >= 0.6 is 0 Å². The number of halogens is 6. The van der Waals surface area contributed by atoms with Crippen LogP contribution in [0, 0.1) is 6.57 Å². The Balaban J connectivity index is 2.44. The van der Waals surface area contributed by atoms with Crippen molar-refractivity contribution in [1.29, 1.82) is 0 Å². The number of benzene rings is 1. The number of nitrogens with zero attached hydrogens (tertiary/aromatic N) is 6. The third-order valence-electron chi connectivity index (χ3n) is 3.02. The molecule has 0 radical (unpaired) electrons. The molecule has 12 heteroatoms. The Kier molecular flexibility index (Phi) is 4.87. The minimum Gasteiger partial charge on any atom is -0.355 e. The molecule has 0 atom stereocenters. The summed E-state index contributed by atoms with van der Waals surface area (Å²) in [5, 5.41) is 10.7. The summed E-state index contributed by atoms with van der Waals surface area (Å²) in [6.07, 6.45) is -9.54. The minimum absolute atomic E-state index is 0.0884. The number of tetrazole rings is 1. The Labute approximate surface area is 137 Å². The third-order valence-corrected chi connectivity index (χ3v) is 3.02. The second-order valence-corrected chi connectivity index (χ2v) is 4.98. The molecular weight excluding hydrogens is 354 g/mol. The first-order valence-electron chi connectivity index (χ1n) is 6.63. The van der Waals surface area contributed by atoms with E-state index in [0.717, 1.165) is 16.9 Å².